The highest BCUT2D eigenvalue weighted by Gasteiger charge is 2.00. The number of halogens is 1. The minimum atomic E-state index is 0.349. The molecule has 17 heavy (non-hydrogen) atoms. The van der Waals surface area contributed by atoms with E-state index in [0.29, 0.717) is 18.3 Å². The Labute approximate surface area is 104 Å². The van der Waals surface area contributed by atoms with Gasteiger partial charge in [-0.05, 0) is 0 Å². The predicted molar refractivity (Wildman–Crippen MR) is 64.4 cm³/mol. The maximum atomic E-state index is 5.73. The number of hydrogen-bond donors (Lipinski definition) is 1. The summed E-state index contributed by atoms with van der Waals surface area (Å²) in [6, 6.07) is 1.70. The topological polar surface area (TPSA) is 64.9 Å². The maximum absolute atomic E-state index is 5.73. The van der Waals surface area contributed by atoms with Gasteiger partial charge < -0.3 is 10.1 Å². The lowest BCUT2D eigenvalue weighted by Gasteiger charge is -2.02. The van der Waals surface area contributed by atoms with Crippen LogP contribution in [0.15, 0.2) is 24.7 Å². The van der Waals surface area contributed by atoms with Crippen LogP contribution in [-0.4, -0.2) is 33.7 Å². The van der Waals surface area contributed by atoms with Crippen LogP contribution in [0, 0.1) is 0 Å². The van der Waals surface area contributed by atoms with Crippen LogP contribution in [-0.2, 0) is 11.3 Å². The van der Waals surface area contributed by atoms with E-state index in [1.807, 2.05) is 6.20 Å². The molecular formula is C10H12ClN5O. The first-order valence-corrected chi connectivity index (χ1v) is 5.42. The van der Waals surface area contributed by atoms with Crippen molar-refractivity contribution in [2.24, 2.45) is 0 Å². The Morgan fingerprint density at radius 2 is 2.29 bits per heavy atom. The number of nitrogens with one attached hydrogen (secondary N) is 1. The van der Waals surface area contributed by atoms with Crippen molar-refractivity contribution in [3.63, 3.8) is 0 Å². The number of anilines is 2. The largest absolute Gasteiger partial charge is 0.383 e. The average Bonchev–Trinajstić information content (AvgIpc) is 2.74. The Balaban J connectivity index is 2.01. The summed E-state index contributed by atoms with van der Waals surface area (Å²) in [7, 11) is 1.66. The van der Waals surface area contributed by atoms with Gasteiger partial charge in [-0.1, -0.05) is 11.6 Å². The smallest absolute Gasteiger partial charge is 0.153 e. The summed E-state index contributed by atoms with van der Waals surface area (Å²) in [6.07, 6.45) is 5.20. The summed E-state index contributed by atoms with van der Waals surface area (Å²) < 4.78 is 6.77. The van der Waals surface area contributed by atoms with E-state index in [4.69, 9.17) is 16.3 Å². The van der Waals surface area contributed by atoms with Gasteiger partial charge in [-0.3, -0.25) is 4.68 Å². The molecule has 0 radical (unpaired) electrons. The standard InChI is InChI=1S/C10H12ClN5O/c1-17-3-2-16-7-9(6-13-16)14-8-4-10(11)15-12-5-8/h4-7H,2-3H2,1H3,(H,14,15). The quantitative estimate of drug-likeness (QED) is 0.879. The van der Waals surface area contributed by atoms with Gasteiger partial charge >= 0.3 is 0 Å². The lowest BCUT2D eigenvalue weighted by Crippen LogP contribution is -2.03. The molecule has 90 valence electrons. The summed E-state index contributed by atoms with van der Waals surface area (Å²) >= 11 is 5.73. The fourth-order valence-electron chi connectivity index (χ4n) is 1.31. The Kier molecular flexibility index (Phi) is 3.89. The number of hydrogen-bond acceptors (Lipinski definition) is 5. The average molecular weight is 254 g/mol. The molecule has 0 aliphatic heterocycles. The van der Waals surface area contributed by atoms with Crippen LogP contribution >= 0.6 is 11.6 Å². The molecule has 2 aromatic heterocycles. The molecular weight excluding hydrogens is 242 g/mol. The summed E-state index contributed by atoms with van der Waals surface area (Å²) in [6.45, 7) is 1.34. The number of rotatable bonds is 5. The number of methoxy groups -OCH3 is 1. The molecule has 1 N–H and O–H groups in total. The van der Waals surface area contributed by atoms with E-state index in [-0.39, 0.29) is 0 Å². The molecule has 0 fully saturated rings. The number of aromatic nitrogens is 4. The fraction of sp³-hybridized carbons (Fsp3) is 0.300. The van der Waals surface area contributed by atoms with Gasteiger partial charge in [0.1, 0.15) is 0 Å². The number of nitrogens with zero attached hydrogens (tertiary/aromatic N) is 4. The fourth-order valence-corrected chi connectivity index (χ4v) is 1.47. The monoisotopic (exact) mass is 253 g/mol. The first kappa shape index (κ1) is 11.8. The van der Waals surface area contributed by atoms with Crippen molar-refractivity contribution in [3.8, 4) is 0 Å². The minimum absolute atomic E-state index is 0.349. The second kappa shape index (κ2) is 5.60. The molecule has 0 amide bonds. The zero-order chi connectivity index (χ0) is 12.1. The maximum Gasteiger partial charge on any atom is 0.153 e. The molecule has 0 saturated heterocycles. The molecule has 2 rings (SSSR count). The van der Waals surface area contributed by atoms with Gasteiger partial charge in [0, 0.05) is 19.4 Å². The molecule has 0 saturated carbocycles. The third kappa shape index (κ3) is 3.40. The van der Waals surface area contributed by atoms with Crippen LogP contribution in [0.1, 0.15) is 0 Å². The molecule has 0 unspecified atom stereocenters. The van der Waals surface area contributed by atoms with Crippen molar-refractivity contribution >= 4 is 23.0 Å². The highest BCUT2D eigenvalue weighted by Crippen LogP contribution is 2.16. The molecule has 2 heterocycles. The first-order chi connectivity index (χ1) is 8.28. The zero-order valence-electron chi connectivity index (χ0n) is 9.30. The van der Waals surface area contributed by atoms with Crippen LogP contribution in [0.5, 0.6) is 0 Å². The lowest BCUT2D eigenvalue weighted by atomic mass is 10.4. The molecule has 2 aromatic rings. The van der Waals surface area contributed by atoms with E-state index in [2.05, 4.69) is 20.6 Å². The molecule has 0 aromatic carbocycles. The van der Waals surface area contributed by atoms with Crippen molar-refractivity contribution < 1.29 is 4.74 Å². The van der Waals surface area contributed by atoms with E-state index in [9.17, 15) is 0 Å². The van der Waals surface area contributed by atoms with E-state index in [1.165, 1.54) is 0 Å². The van der Waals surface area contributed by atoms with E-state index in [0.717, 1.165) is 11.4 Å². The van der Waals surface area contributed by atoms with Crippen molar-refractivity contribution in [1.29, 1.82) is 0 Å². The Hall–Kier alpha value is -1.66. The van der Waals surface area contributed by atoms with Gasteiger partial charge in [0.2, 0.25) is 0 Å². The van der Waals surface area contributed by atoms with Gasteiger partial charge in [-0.2, -0.15) is 10.2 Å². The van der Waals surface area contributed by atoms with Gasteiger partial charge in [0.05, 0.1) is 36.9 Å². The zero-order valence-corrected chi connectivity index (χ0v) is 10.1. The van der Waals surface area contributed by atoms with E-state index < -0.39 is 0 Å². The van der Waals surface area contributed by atoms with Gasteiger partial charge in [-0.25, -0.2) is 0 Å². The number of ether oxygens (including phenoxy) is 1. The Morgan fingerprint density at radius 1 is 1.41 bits per heavy atom. The second-order valence-corrected chi connectivity index (χ2v) is 3.76. The van der Waals surface area contributed by atoms with E-state index in [1.54, 1.807) is 30.3 Å². The molecule has 0 aliphatic rings. The molecule has 0 spiro atoms. The van der Waals surface area contributed by atoms with Crippen LogP contribution in [0.4, 0.5) is 11.4 Å². The summed E-state index contributed by atoms with van der Waals surface area (Å²) in [4.78, 5) is 0. The van der Waals surface area contributed by atoms with Crippen molar-refractivity contribution in [1.82, 2.24) is 20.0 Å². The van der Waals surface area contributed by atoms with Gasteiger partial charge in [0.15, 0.2) is 5.15 Å². The first-order valence-electron chi connectivity index (χ1n) is 5.04. The van der Waals surface area contributed by atoms with Crippen LogP contribution in [0.25, 0.3) is 0 Å². The van der Waals surface area contributed by atoms with Crippen LogP contribution in [0.2, 0.25) is 5.15 Å². The molecule has 0 aliphatic carbocycles. The normalized spacial score (nSPS) is 10.5. The SMILES string of the molecule is COCCn1cc(Nc2cnnc(Cl)c2)cn1. The summed E-state index contributed by atoms with van der Waals surface area (Å²) in [5, 5.41) is 15.1. The highest BCUT2D eigenvalue weighted by molar-refractivity contribution is 6.29. The molecule has 0 atom stereocenters. The summed E-state index contributed by atoms with van der Waals surface area (Å²) in [5.41, 5.74) is 1.64. The third-order valence-electron chi connectivity index (χ3n) is 2.07. The Morgan fingerprint density at radius 3 is 3.06 bits per heavy atom. The summed E-state index contributed by atoms with van der Waals surface area (Å²) in [5.74, 6) is 0. The predicted octanol–water partition coefficient (Wildman–Crippen LogP) is 1.72. The third-order valence-corrected chi connectivity index (χ3v) is 2.26. The molecule has 0 bridgehead atoms. The van der Waals surface area contributed by atoms with Crippen molar-refractivity contribution in [3.05, 3.63) is 29.8 Å². The Bertz CT molecular complexity index is 487. The van der Waals surface area contributed by atoms with E-state index >= 15 is 0 Å². The molecule has 6 nitrogen and oxygen atoms in total. The second-order valence-electron chi connectivity index (χ2n) is 3.38. The van der Waals surface area contributed by atoms with Crippen LogP contribution in [0.3, 0.4) is 0 Å². The minimum Gasteiger partial charge on any atom is -0.383 e. The van der Waals surface area contributed by atoms with Crippen LogP contribution < -0.4 is 5.32 Å². The van der Waals surface area contributed by atoms with Crippen molar-refractivity contribution in [2.45, 2.75) is 6.54 Å². The highest BCUT2D eigenvalue weighted by atomic mass is 35.5. The molecule has 7 heteroatoms. The lowest BCUT2D eigenvalue weighted by molar-refractivity contribution is 0.183. The van der Waals surface area contributed by atoms with Gasteiger partial charge in [-0.15, -0.1) is 5.10 Å². The van der Waals surface area contributed by atoms with Crippen molar-refractivity contribution in [2.75, 3.05) is 19.0 Å². The van der Waals surface area contributed by atoms with Gasteiger partial charge in [0.25, 0.3) is 0 Å².